The van der Waals surface area contributed by atoms with Crippen molar-refractivity contribution in [1.29, 1.82) is 5.41 Å². The van der Waals surface area contributed by atoms with E-state index in [0.717, 1.165) is 0 Å². The van der Waals surface area contributed by atoms with E-state index in [2.05, 4.69) is 6.58 Å². The molecule has 0 aromatic carbocycles. The zero-order chi connectivity index (χ0) is 9.15. The molecule has 0 saturated heterocycles. The summed E-state index contributed by atoms with van der Waals surface area (Å²) in [5.74, 6) is 0.167. The van der Waals surface area contributed by atoms with Crippen LogP contribution in [-0.2, 0) is 0 Å². The molecule has 0 aliphatic heterocycles. The van der Waals surface area contributed by atoms with Crippen LogP contribution in [0, 0.1) is 5.41 Å². The Balaban J connectivity index is -0.0000000787. The molecule has 0 rings (SSSR count). The lowest BCUT2D eigenvalue weighted by atomic mass is 10.4. The highest BCUT2D eigenvalue weighted by Gasteiger charge is 1.53. The van der Waals surface area contributed by atoms with Crippen LogP contribution < -0.4 is 5.73 Å². The molecule has 62 valence electrons. The van der Waals surface area contributed by atoms with Gasteiger partial charge in [-0.2, -0.15) is 0 Å². The van der Waals surface area contributed by atoms with Crippen LogP contribution in [0.5, 0.6) is 0 Å². The highest BCUT2D eigenvalue weighted by molar-refractivity contribution is 5.73. The molecule has 2 nitrogen and oxygen atoms in total. The number of nitrogens with two attached hydrogens (primary N) is 1. The van der Waals surface area contributed by atoms with Gasteiger partial charge in [-0.05, 0) is 20.8 Å². The second-order valence-corrected chi connectivity index (χ2v) is 1.89. The highest BCUT2D eigenvalue weighted by Crippen LogP contribution is 1.73. The van der Waals surface area contributed by atoms with Crippen molar-refractivity contribution in [3.63, 3.8) is 0 Å². The van der Waals surface area contributed by atoms with Crippen molar-refractivity contribution in [2.24, 2.45) is 5.73 Å². The minimum atomic E-state index is 0.167. The van der Waals surface area contributed by atoms with Gasteiger partial charge in [-0.25, -0.2) is 0 Å². The molecule has 2 heteroatoms. The Morgan fingerprint density at radius 3 is 1.20 bits per heavy atom. The van der Waals surface area contributed by atoms with Crippen molar-refractivity contribution in [3.05, 3.63) is 12.2 Å². The summed E-state index contributed by atoms with van der Waals surface area (Å²) in [6, 6.07) is 0. The Hall–Kier alpha value is -0.790. The molecule has 0 radical (unpaired) electrons. The Morgan fingerprint density at radius 2 is 1.20 bits per heavy atom. The van der Waals surface area contributed by atoms with Crippen molar-refractivity contribution >= 4 is 5.84 Å². The smallest absolute Gasteiger partial charge is 0.0873 e. The molecule has 10 heavy (non-hydrogen) atoms. The maximum absolute atomic E-state index is 6.28. The van der Waals surface area contributed by atoms with Crippen LogP contribution in [0.15, 0.2) is 12.2 Å². The molecule has 0 fully saturated rings. The van der Waals surface area contributed by atoms with E-state index < -0.39 is 0 Å². The van der Waals surface area contributed by atoms with Crippen LogP contribution in [0.2, 0.25) is 0 Å². The number of allylic oxidation sites excluding steroid dienone is 1. The molecule has 0 heterocycles. The molecule has 0 spiro atoms. The van der Waals surface area contributed by atoms with Gasteiger partial charge in [0.2, 0.25) is 0 Å². The molecule has 0 aliphatic rings. The lowest BCUT2D eigenvalue weighted by Crippen LogP contribution is -2.00. The van der Waals surface area contributed by atoms with Crippen molar-refractivity contribution in [3.8, 4) is 0 Å². The summed E-state index contributed by atoms with van der Waals surface area (Å²) >= 11 is 0. The number of hydrogen-bond acceptors (Lipinski definition) is 1. The summed E-state index contributed by atoms with van der Waals surface area (Å²) in [6.07, 6.45) is 0. The Morgan fingerprint density at radius 1 is 1.20 bits per heavy atom. The average Bonchev–Trinajstić information content (AvgIpc) is 1.66. The quantitative estimate of drug-likeness (QED) is 0.306. The van der Waals surface area contributed by atoms with E-state index in [-0.39, 0.29) is 5.84 Å². The Labute approximate surface area is 64.6 Å². The lowest BCUT2D eigenvalue weighted by Gasteiger charge is -1.66. The number of amidine groups is 1. The maximum atomic E-state index is 6.28. The van der Waals surface area contributed by atoms with E-state index >= 15 is 0 Å². The largest absolute Gasteiger partial charge is 0.388 e. The summed E-state index contributed by atoms with van der Waals surface area (Å²) in [4.78, 5) is 0. The SMILES string of the molecule is C=C(C)C.CC.CC(=N)N. The van der Waals surface area contributed by atoms with E-state index in [0.29, 0.717) is 0 Å². The highest BCUT2D eigenvalue weighted by atomic mass is 14.7. The molecule has 0 aromatic rings. The molecule has 3 N–H and O–H groups in total. The standard InChI is InChI=1S/C4H8.C2H6N2.C2H6/c1-4(2)3;1-2(3)4;1-2/h1H2,2-3H3;1H3,(H3,3,4);1-2H3. The number of rotatable bonds is 0. The van der Waals surface area contributed by atoms with E-state index in [9.17, 15) is 0 Å². The van der Waals surface area contributed by atoms with Gasteiger partial charge >= 0.3 is 0 Å². The fourth-order valence-electron chi connectivity index (χ4n) is 0. The third kappa shape index (κ3) is 446. The van der Waals surface area contributed by atoms with Gasteiger partial charge in [0.25, 0.3) is 0 Å². The normalized spacial score (nSPS) is 5.70. The van der Waals surface area contributed by atoms with Crippen LogP contribution in [0.25, 0.3) is 0 Å². The third-order valence-corrected chi connectivity index (χ3v) is 0. The van der Waals surface area contributed by atoms with Gasteiger partial charge in [0.1, 0.15) is 0 Å². The predicted molar refractivity (Wildman–Crippen MR) is 49.4 cm³/mol. The van der Waals surface area contributed by atoms with Crippen molar-refractivity contribution in [1.82, 2.24) is 0 Å². The Kier molecular flexibility index (Phi) is 25.3. The molecule has 0 atom stereocenters. The van der Waals surface area contributed by atoms with Crippen LogP contribution in [0.4, 0.5) is 0 Å². The molecule has 0 aromatic heterocycles. The zero-order valence-electron chi connectivity index (χ0n) is 7.78. The fourth-order valence-corrected chi connectivity index (χ4v) is 0. The molecule has 0 saturated carbocycles. The first-order chi connectivity index (χ1) is 4.46. The first-order valence-corrected chi connectivity index (χ1v) is 3.39. The van der Waals surface area contributed by atoms with Gasteiger partial charge in [0.05, 0.1) is 5.84 Å². The summed E-state index contributed by atoms with van der Waals surface area (Å²) in [7, 11) is 0. The summed E-state index contributed by atoms with van der Waals surface area (Å²) in [5.41, 5.74) is 5.86. The summed E-state index contributed by atoms with van der Waals surface area (Å²) in [6.45, 7) is 13.0. The predicted octanol–water partition coefficient (Wildman–Crippen LogP) is 2.55. The third-order valence-electron chi connectivity index (χ3n) is 0. The van der Waals surface area contributed by atoms with E-state index in [4.69, 9.17) is 11.1 Å². The molecule has 0 amide bonds. The van der Waals surface area contributed by atoms with Crippen molar-refractivity contribution in [2.75, 3.05) is 0 Å². The first kappa shape index (κ1) is 16.1. The Bertz CT molecular complexity index is 65.3. The number of hydrogen-bond donors (Lipinski definition) is 2. The van der Waals surface area contributed by atoms with E-state index in [1.807, 2.05) is 27.7 Å². The van der Waals surface area contributed by atoms with Crippen LogP contribution in [-0.4, -0.2) is 5.84 Å². The zero-order valence-corrected chi connectivity index (χ0v) is 7.78. The summed E-state index contributed by atoms with van der Waals surface area (Å²) < 4.78 is 0. The van der Waals surface area contributed by atoms with Crippen LogP contribution in [0.3, 0.4) is 0 Å². The van der Waals surface area contributed by atoms with Gasteiger partial charge in [-0.1, -0.05) is 19.4 Å². The summed E-state index contributed by atoms with van der Waals surface area (Å²) in [5, 5.41) is 6.28. The van der Waals surface area contributed by atoms with E-state index in [1.54, 1.807) is 0 Å². The van der Waals surface area contributed by atoms with Crippen LogP contribution in [0.1, 0.15) is 34.6 Å². The lowest BCUT2D eigenvalue weighted by molar-refractivity contribution is 1.42. The first-order valence-electron chi connectivity index (χ1n) is 3.39. The maximum Gasteiger partial charge on any atom is 0.0873 e. The van der Waals surface area contributed by atoms with E-state index in [1.165, 1.54) is 12.5 Å². The van der Waals surface area contributed by atoms with Gasteiger partial charge < -0.3 is 5.73 Å². The second-order valence-electron chi connectivity index (χ2n) is 1.89. The second kappa shape index (κ2) is 15.7. The topological polar surface area (TPSA) is 49.9 Å². The van der Waals surface area contributed by atoms with Gasteiger partial charge in [-0.3, -0.25) is 5.41 Å². The average molecular weight is 144 g/mol. The molecular formula is C8H20N2. The van der Waals surface area contributed by atoms with Crippen LogP contribution >= 0.6 is 0 Å². The monoisotopic (exact) mass is 144 g/mol. The van der Waals surface area contributed by atoms with Gasteiger partial charge in [-0.15, -0.1) is 6.58 Å². The molecule has 0 bridgehead atoms. The minimum Gasteiger partial charge on any atom is -0.388 e. The van der Waals surface area contributed by atoms with Gasteiger partial charge in [0, 0.05) is 0 Å². The fraction of sp³-hybridized carbons (Fsp3) is 0.625. The molecule has 0 unspecified atom stereocenters. The molecular weight excluding hydrogens is 124 g/mol. The van der Waals surface area contributed by atoms with Crippen molar-refractivity contribution < 1.29 is 0 Å². The minimum absolute atomic E-state index is 0.167. The van der Waals surface area contributed by atoms with Crippen molar-refractivity contribution in [2.45, 2.75) is 34.6 Å². The van der Waals surface area contributed by atoms with Gasteiger partial charge in [0.15, 0.2) is 0 Å². The number of nitrogens with one attached hydrogen (secondary N) is 1. The molecule has 0 aliphatic carbocycles.